The number of unbranched alkanes of at least 4 members (excludes halogenated alkanes) is 2. The number of rotatable bonds is 8. The van der Waals surface area contributed by atoms with Crippen molar-refractivity contribution in [1.82, 2.24) is 0 Å². The van der Waals surface area contributed by atoms with E-state index < -0.39 is 13.4 Å². The molecule has 0 aromatic carbocycles. The van der Waals surface area contributed by atoms with Gasteiger partial charge < -0.3 is 30.8 Å². The molecule has 0 heterocycles. The third kappa shape index (κ3) is 96.4. The van der Waals surface area contributed by atoms with Crippen molar-refractivity contribution in [2.75, 3.05) is 0 Å². The maximum absolute atomic E-state index is 7.56. The van der Waals surface area contributed by atoms with E-state index in [1.807, 2.05) is 0 Å². The molecule has 0 amide bonds. The first-order valence-electron chi connectivity index (χ1n) is 9.18. The minimum absolute atomic E-state index is 0. The van der Waals surface area contributed by atoms with Crippen molar-refractivity contribution in [2.24, 2.45) is 11.8 Å². The second kappa shape index (κ2) is 26.1. The summed E-state index contributed by atoms with van der Waals surface area (Å²) in [4.78, 5) is 45.3. The molecule has 6 N–H and O–H groups in total. The zero-order valence-electron chi connectivity index (χ0n) is 19.2. The first kappa shape index (κ1) is 39.5. The molecule has 0 saturated carbocycles. The van der Waals surface area contributed by atoms with Gasteiger partial charge in [0.15, 0.2) is 0 Å². The molecule has 166 valence electrons. The summed E-state index contributed by atoms with van der Waals surface area (Å²) < 4.78 is 0. The molecule has 11 heteroatoms. The molecular weight excluding hydrogens is 437 g/mol. The second-order valence-corrected chi connectivity index (χ2v) is 11.3. The molecule has 0 aromatic rings. The predicted octanol–water partition coefficient (Wildman–Crippen LogP) is 1.94. The molecule has 0 saturated heterocycles. The number of hydrogen-bond donors (Lipinski definition) is 6. The zero-order chi connectivity index (χ0) is 21.8. The second-order valence-electron chi connectivity index (χ2n) is 6.34. The molecule has 0 spiro atoms. The van der Waals surface area contributed by atoms with E-state index in [0.717, 1.165) is 11.8 Å². The molecule has 2 unspecified atom stereocenters. The van der Waals surface area contributed by atoms with E-state index in [1.54, 1.807) is 0 Å². The quantitative estimate of drug-likeness (QED) is 0.230. The normalized spacial score (nSPS) is 12.6. The van der Waals surface area contributed by atoms with Crippen LogP contribution in [0.15, 0.2) is 0 Å². The van der Waals surface area contributed by atoms with E-state index >= 15 is 0 Å². The number of hydrogen-bond acceptors (Lipinski definition) is 2. The van der Waals surface area contributed by atoms with E-state index in [1.165, 1.54) is 51.4 Å². The van der Waals surface area contributed by atoms with Gasteiger partial charge in [0.1, 0.15) is 0 Å². The van der Waals surface area contributed by atoms with Gasteiger partial charge in [-0.2, -0.15) is 0 Å². The van der Waals surface area contributed by atoms with Crippen LogP contribution in [0.1, 0.15) is 94.3 Å². The van der Waals surface area contributed by atoms with Gasteiger partial charge in [0, 0.05) is 0 Å². The Labute approximate surface area is 201 Å². The molecule has 0 fully saturated rings. The van der Waals surface area contributed by atoms with Crippen molar-refractivity contribution in [3.05, 3.63) is 0 Å². The summed E-state index contributed by atoms with van der Waals surface area (Å²) in [6.07, 6.45) is 11.1. The molecule has 0 aliphatic carbocycles. The summed E-state index contributed by atoms with van der Waals surface area (Å²) in [6, 6.07) is 0. The van der Waals surface area contributed by atoms with E-state index in [4.69, 9.17) is 29.4 Å². The van der Waals surface area contributed by atoms with Crippen molar-refractivity contribution in [3.63, 3.8) is 0 Å². The Balaban J connectivity index is -0.0000000576. The van der Waals surface area contributed by atoms with Gasteiger partial charge in [0.2, 0.25) is 0 Å². The van der Waals surface area contributed by atoms with Crippen molar-refractivity contribution >= 4 is 37.1 Å². The Hall–Kier alpha value is 2.06. The minimum Gasteiger partial charge on any atom is -1.00 e. The molecule has 0 bridgehead atoms. The zero-order valence-corrected chi connectivity index (χ0v) is 23.6. The van der Waals surface area contributed by atoms with Crippen LogP contribution in [0.5, 0.6) is 0 Å². The Bertz CT molecular complexity index is 323. The van der Waals surface area contributed by atoms with Gasteiger partial charge in [0.05, 0.1) is 0 Å². The predicted molar refractivity (Wildman–Crippen MR) is 121 cm³/mol. The van der Waals surface area contributed by atoms with Crippen LogP contribution in [0.3, 0.4) is 0 Å². The molecule has 0 aliphatic rings. The summed E-state index contributed by atoms with van der Waals surface area (Å²) in [5.74, 6) is 1.91. The van der Waals surface area contributed by atoms with Crippen molar-refractivity contribution < 1.29 is 60.3 Å². The van der Waals surface area contributed by atoms with E-state index in [9.17, 15) is 0 Å². The van der Waals surface area contributed by atoms with E-state index in [2.05, 4.69) is 65.2 Å². The first-order chi connectivity index (χ1) is 11.6. The summed E-state index contributed by atoms with van der Waals surface area (Å²) in [6.45, 7) is 6.08. The molecule has 0 aliphatic heterocycles. The van der Waals surface area contributed by atoms with Crippen LogP contribution in [0.25, 0.3) is 0 Å². The molecule has 0 aromatic heterocycles. The smallest absolute Gasteiger partial charge is 1.00 e. The van der Waals surface area contributed by atoms with Crippen LogP contribution in [-0.2, 0) is 23.6 Å². The van der Waals surface area contributed by atoms with Crippen LogP contribution in [0.4, 0.5) is 0 Å². The standard InChI is InChI=1S/2C8H18.Na.2H3O3PS.H/c2*1-4-6-7-8(3)5-2;;2*1-4(2,3)5;/h2*8H,4-7H2,1-3H3;;2*(H3,1,2,3,5);/q;;+1;;;-1. The SMILES string of the molecule is CCCCC(C)CC.CCCCC(C)CC.OP(O)(O)=S.OP(O)(O)=S.[H-].[Na+]. The van der Waals surface area contributed by atoms with Gasteiger partial charge in [-0.15, -0.1) is 0 Å². The van der Waals surface area contributed by atoms with Crippen LogP contribution < -0.4 is 29.6 Å². The van der Waals surface area contributed by atoms with Gasteiger partial charge in [0.25, 0.3) is 0 Å². The molecule has 0 rings (SSSR count). The first-order valence-corrected chi connectivity index (χ1v) is 14.5. The molecule has 0 radical (unpaired) electrons. The van der Waals surface area contributed by atoms with Crippen LogP contribution in [0.2, 0.25) is 0 Å². The fourth-order valence-electron chi connectivity index (χ4n) is 1.51. The largest absolute Gasteiger partial charge is 1.00 e. The average Bonchev–Trinajstić information content (AvgIpc) is 2.47. The molecule has 6 nitrogen and oxygen atoms in total. The van der Waals surface area contributed by atoms with Gasteiger partial charge in [-0.1, -0.05) is 92.9 Å². The third-order valence-corrected chi connectivity index (χ3v) is 3.49. The Morgan fingerprint density at radius 3 is 0.963 bits per heavy atom. The molecule has 27 heavy (non-hydrogen) atoms. The van der Waals surface area contributed by atoms with Crippen LogP contribution >= 0.6 is 13.4 Å². The Morgan fingerprint density at radius 1 is 0.667 bits per heavy atom. The van der Waals surface area contributed by atoms with E-state index in [0.29, 0.717) is 0 Å². The summed E-state index contributed by atoms with van der Waals surface area (Å²) in [5, 5.41) is 0. The molecular formula is C16H43NaO6P2S2. The van der Waals surface area contributed by atoms with Crippen molar-refractivity contribution in [3.8, 4) is 0 Å². The Morgan fingerprint density at radius 2 is 0.852 bits per heavy atom. The van der Waals surface area contributed by atoms with Gasteiger partial charge in [-0.3, -0.25) is 0 Å². The topological polar surface area (TPSA) is 121 Å². The average molecular weight is 481 g/mol. The fourth-order valence-corrected chi connectivity index (χ4v) is 1.51. The van der Waals surface area contributed by atoms with Crippen LogP contribution in [-0.4, -0.2) is 29.4 Å². The maximum atomic E-state index is 7.56. The van der Waals surface area contributed by atoms with Gasteiger partial charge in [-0.25, -0.2) is 0 Å². The van der Waals surface area contributed by atoms with Crippen molar-refractivity contribution in [2.45, 2.75) is 92.9 Å². The van der Waals surface area contributed by atoms with Gasteiger partial charge in [-0.05, 0) is 35.4 Å². The Kier molecular flexibility index (Phi) is 38.2. The van der Waals surface area contributed by atoms with Gasteiger partial charge >= 0.3 is 43.0 Å². The summed E-state index contributed by atoms with van der Waals surface area (Å²) in [5.41, 5.74) is 0. The third-order valence-electron chi connectivity index (χ3n) is 3.49. The minimum atomic E-state index is -3.81. The summed E-state index contributed by atoms with van der Waals surface area (Å²) >= 11 is 7.21. The van der Waals surface area contributed by atoms with Crippen LogP contribution in [0, 0.1) is 11.8 Å². The van der Waals surface area contributed by atoms with E-state index in [-0.39, 0.29) is 31.0 Å². The maximum Gasteiger partial charge on any atom is 1.00 e. The monoisotopic (exact) mass is 480 g/mol. The molecule has 2 atom stereocenters. The van der Waals surface area contributed by atoms with Crippen molar-refractivity contribution in [1.29, 1.82) is 0 Å². The fraction of sp³-hybridized carbons (Fsp3) is 1.00. The summed E-state index contributed by atoms with van der Waals surface area (Å²) in [7, 11) is 0.